The minimum Gasteiger partial charge on any atom is -0.453 e. The molecule has 0 bridgehead atoms. The van der Waals surface area contributed by atoms with Gasteiger partial charge in [-0.2, -0.15) is 4.31 Å². The van der Waals surface area contributed by atoms with Crippen molar-refractivity contribution >= 4 is 39.3 Å². The van der Waals surface area contributed by atoms with Crippen LogP contribution in [0.3, 0.4) is 0 Å². The van der Waals surface area contributed by atoms with Crippen molar-refractivity contribution in [2.24, 2.45) is 5.92 Å². The fraction of sp³-hybridized carbons (Fsp3) is 0.444. The number of halogens is 4. The lowest BCUT2D eigenvalue weighted by atomic mass is 9.76. The highest BCUT2D eigenvalue weighted by Gasteiger charge is 2.40. The smallest absolute Gasteiger partial charge is 0.407 e. The van der Waals surface area contributed by atoms with Gasteiger partial charge in [0.25, 0.3) is 6.43 Å². The second kappa shape index (κ2) is 17.2. The van der Waals surface area contributed by atoms with E-state index in [1.54, 1.807) is 25.1 Å². The molecule has 2 saturated heterocycles. The number of methoxy groups -OCH3 is 1. The number of anilines is 1. The number of piperazine rings is 1. The third-order valence-electron chi connectivity index (χ3n) is 9.55. The molecule has 3 aromatic rings. The van der Waals surface area contributed by atoms with E-state index in [9.17, 15) is 26.8 Å². The molecule has 4 atom stereocenters. The first kappa shape index (κ1) is 38.5. The topological polar surface area (TPSA) is 126 Å². The Bertz CT molecular complexity index is 1760. The van der Waals surface area contributed by atoms with Gasteiger partial charge in [0.2, 0.25) is 15.9 Å². The zero-order chi connectivity index (χ0) is 36.7. The standard InChI is InChI=1S/C36H42ClF3N4O6S/c1-22-20-41-21-27(44(22)51(47,48)28-13-8-25(9-14-28)34(39)40)12-15-29-30(38)4-3-5-31(29)42-35(45)33(43-36(46)49-2)32(24-16-18-50-19-17-24)23-6-10-26(37)11-7-23/h3-11,13-14,22,24,27,32-34,41H,12,15-21H2,1-2H3,(H,42,45)(H,43,46)/t22-,27+,32+,33+/m1/s1. The van der Waals surface area contributed by atoms with E-state index in [4.69, 9.17) is 21.1 Å². The maximum atomic E-state index is 15.6. The summed E-state index contributed by atoms with van der Waals surface area (Å²) in [6.07, 6.45) is -2.06. The van der Waals surface area contributed by atoms with Crippen LogP contribution < -0.4 is 16.0 Å². The predicted octanol–water partition coefficient (Wildman–Crippen LogP) is 6.27. The Morgan fingerprint density at radius 1 is 1.02 bits per heavy atom. The largest absolute Gasteiger partial charge is 0.453 e. The van der Waals surface area contributed by atoms with Crippen LogP contribution in [0.5, 0.6) is 0 Å². The van der Waals surface area contributed by atoms with Crippen molar-refractivity contribution < 1.29 is 40.7 Å². The average Bonchev–Trinajstić information content (AvgIpc) is 3.12. The number of sulfonamides is 1. The Balaban J connectivity index is 1.41. The van der Waals surface area contributed by atoms with Crippen LogP contribution in [0.1, 0.15) is 55.2 Å². The molecule has 5 rings (SSSR count). The second-order valence-corrected chi connectivity index (χ2v) is 15.1. The number of ether oxygens (including phenoxy) is 2. The summed E-state index contributed by atoms with van der Waals surface area (Å²) in [6, 6.07) is 13.6. The molecule has 0 radical (unpaired) electrons. The van der Waals surface area contributed by atoms with E-state index in [-0.39, 0.29) is 47.0 Å². The number of nitrogens with zero attached hydrogens (tertiary/aromatic N) is 1. The van der Waals surface area contributed by atoms with Crippen LogP contribution >= 0.6 is 11.6 Å². The molecule has 2 aliphatic heterocycles. The Morgan fingerprint density at radius 2 is 1.69 bits per heavy atom. The van der Waals surface area contributed by atoms with E-state index in [0.29, 0.717) is 37.6 Å². The van der Waals surface area contributed by atoms with Gasteiger partial charge in [-0.3, -0.25) is 4.79 Å². The number of amides is 2. The third-order valence-corrected chi connectivity index (χ3v) is 11.9. The molecule has 51 heavy (non-hydrogen) atoms. The molecule has 3 N–H and O–H groups in total. The van der Waals surface area contributed by atoms with Gasteiger partial charge in [0.05, 0.1) is 12.0 Å². The van der Waals surface area contributed by atoms with Gasteiger partial charge in [0, 0.05) is 66.1 Å². The minimum absolute atomic E-state index is 0.0490. The van der Waals surface area contributed by atoms with Crippen LogP contribution in [0.25, 0.3) is 0 Å². The van der Waals surface area contributed by atoms with Gasteiger partial charge in [-0.25, -0.2) is 26.4 Å². The number of benzene rings is 3. The molecule has 2 aliphatic rings. The number of hydrogen-bond acceptors (Lipinski definition) is 7. The minimum atomic E-state index is -4.11. The number of hydrogen-bond donors (Lipinski definition) is 3. The average molecular weight is 751 g/mol. The highest BCUT2D eigenvalue weighted by atomic mass is 35.5. The van der Waals surface area contributed by atoms with Crippen molar-refractivity contribution in [1.29, 1.82) is 0 Å². The van der Waals surface area contributed by atoms with Crippen molar-refractivity contribution in [3.05, 3.63) is 94.3 Å². The summed E-state index contributed by atoms with van der Waals surface area (Å²) in [7, 11) is -2.91. The van der Waals surface area contributed by atoms with Gasteiger partial charge in [-0.15, -0.1) is 0 Å². The molecule has 0 aliphatic carbocycles. The molecule has 0 unspecified atom stereocenters. The molecule has 3 aromatic carbocycles. The van der Waals surface area contributed by atoms with Crippen LogP contribution in [0.2, 0.25) is 5.02 Å². The SMILES string of the molecule is COC(=O)N[C@H](C(=O)Nc1cccc(F)c1CC[C@H]1CNC[C@@H](C)N1S(=O)(=O)c1ccc(C(F)F)cc1)[C@@H](c1ccc(Cl)cc1)C1CCOCC1. The summed E-state index contributed by atoms with van der Waals surface area (Å²) in [4.78, 5) is 26.7. The normalized spacial score (nSPS) is 20.1. The Labute approximate surface area is 301 Å². The van der Waals surface area contributed by atoms with Gasteiger partial charge in [-0.05, 0) is 80.5 Å². The fourth-order valence-corrected chi connectivity index (χ4v) is 8.99. The van der Waals surface area contributed by atoms with Gasteiger partial charge in [0.15, 0.2) is 0 Å². The lowest BCUT2D eigenvalue weighted by Crippen LogP contribution is -2.58. The molecule has 0 saturated carbocycles. The van der Waals surface area contributed by atoms with Crippen molar-refractivity contribution in [1.82, 2.24) is 14.9 Å². The fourth-order valence-electron chi connectivity index (χ4n) is 7.02. The van der Waals surface area contributed by atoms with Gasteiger partial charge in [0.1, 0.15) is 11.9 Å². The van der Waals surface area contributed by atoms with Crippen LogP contribution in [-0.4, -0.2) is 76.3 Å². The van der Waals surface area contributed by atoms with E-state index in [0.717, 1.165) is 17.7 Å². The van der Waals surface area contributed by atoms with Crippen molar-refractivity contribution in [3.8, 4) is 0 Å². The summed E-state index contributed by atoms with van der Waals surface area (Å²) < 4.78 is 81.3. The first-order chi connectivity index (χ1) is 24.4. The highest BCUT2D eigenvalue weighted by Crippen LogP contribution is 2.37. The number of rotatable bonds is 12. The summed E-state index contributed by atoms with van der Waals surface area (Å²) in [5.74, 6) is -1.76. The predicted molar refractivity (Wildman–Crippen MR) is 187 cm³/mol. The number of alkyl carbamates (subject to hydrolysis) is 1. The third kappa shape index (κ3) is 9.22. The Hall–Kier alpha value is -3.69. The molecule has 2 amide bonds. The highest BCUT2D eigenvalue weighted by molar-refractivity contribution is 7.89. The van der Waals surface area contributed by atoms with Crippen LogP contribution in [0, 0.1) is 11.7 Å². The summed E-state index contributed by atoms with van der Waals surface area (Å²) in [6.45, 7) is 3.34. The second-order valence-electron chi connectivity index (χ2n) is 12.8. The van der Waals surface area contributed by atoms with E-state index in [2.05, 4.69) is 16.0 Å². The van der Waals surface area contributed by atoms with E-state index in [1.165, 1.54) is 35.7 Å². The molecule has 15 heteroatoms. The molecular weight excluding hydrogens is 709 g/mol. The molecule has 276 valence electrons. The number of carbonyl (C=O) groups excluding carboxylic acids is 2. The zero-order valence-corrected chi connectivity index (χ0v) is 29.9. The maximum Gasteiger partial charge on any atom is 0.407 e. The molecule has 0 spiro atoms. The Morgan fingerprint density at radius 3 is 2.33 bits per heavy atom. The molecule has 2 heterocycles. The van der Waals surface area contributed by atoms with Crippen LogP contribution in [0.4, 0.5) is 23.7 Å². The number of carbonyl (C=O) groups is 2. The maximum absolute atomic E-state index is 15.6. The van der Waals surface area contributed by atoms with Crippen molar-refractivity contribution in [3.63, 3.8) is 0 Å². The lowest BCUT2D eigenvalue weighted by molar-refractivity contribution is -0.119. The van der Waals surface area contributed by atoms with Crippen LogP contribution in [-0.2, 0) is 30.7 Å². The Kier molecular flexibility index (Phi) is 13.0. The van der Waals surface area contributed by atoms with E-state index in [1.807, 2.05) is 12.1 Å². The van der Waals surface area contributed by atoms with Crippen molar-refractivity contribution in [2.45, 2.75) is 68.0 Å². The van der Waals surface area contributed by atoms with Gasteiger partial charge in [-0.1, -0.05) is 41.9 Å². The van der Waals surface area contributed by atoms with E-state index < -0.39 is 58.3 Å². The summed E-state index contributed by atoms with van der Waals surface area (Å²) >= 11 is 6.18. The molecule has 0 aromatic heterocycles. The number of nitrogens with one attached hydrogen (secondary N) is 3. The zero-order valence-electron chi connectivity index (χ0n) is 28.3. The van der Waals surface area contributed by atoms with Gasteiger partial charge < -0.3 is 25.4 Å². The molecule has 2 fully saturated rings. The van der Waals surface area contributed by atoms with Gasteiger partial charge >= 0.3 is 6.09 Å². The van der Waals surface area contributed by atoms with Crippen molar-refractivity contribution in [2.75, 3.05) is 38.7 Å². The summed E-state index contributed by atoms with van der Waals surface area (Å²) in [5.41, 5.74) is 0.816. The number of alkyl halides is 2. The van der Waals surface area contributed by atoms with E-state index >= 15 is 4.39 Å². The quantitative estimate of drug-likeness (QED) is 0.199. The first-order valence-corrected chi connectivity index (χ1v) is 18.6. The van der Waals surface area contributed by atoms with Crippen LogP contribution in [0.15, 0.2) is 71.6 Å². The summed E-state index contributed by atoms with van der Waals surface area (Å²) in [5, 5.41) is 9.28. The molecule has 10 nitrogen and oxygen atoms in total. The monoisotopic (exact) mass is 750 g/mol. The first-order valence-electron chi connectivity index (χ1n) is 16.8. The molecular formula is C36H42ClF3N4O6S. The lowest BCUT2D eigenvalue weighted by Gasteiger charge is -2.40.